The average molecular weight is 257 g/mol. The Morgan fingerprint density at radius 3 is 2.95 bits per heavy atom. The fourth-order valence-corrected chi connectivity index (χ4v) is 3.96. The summed E-state index contributed by atoms with van der Waals surface area (Å²) in [5.74, 6) is 1.88. The van der Waals surface area contributed by atoms with Gasteiger partial charge in [0.15, 0.2) is 5.78 Å². The van der Waals surface area contributed by atoms with E-state index in [1.54, 1.807) is 0 Å². The van der Waals surface area contributed by atoms with Gasteiger partial charge in [-0.25, -0.2) is 0 Å². The highest BCUT2D eigenvalue weighted by molar-refractivity contribution is 5.97. The van der Waals surface area contributed by atoms with Crippen LogP contribution in [0.5, 0.6) is 0 Å². The maximum absolute atomic E-state index is 12.5. The summed E-state index contributed by atoms with van der Waals surface area (Å²) in [4.78, 5) is 12.5. The van der Waals surface area contributed by atoms with Crippen molar-refractivity contribution in [3.8, 4) is 0 Å². The van der Waals surface area contributed by atoms with Crippen LogP contribution in [0.3, 0.4) is 0 Å². The number of carbonyl (C=O) groups excluding carboxylic acids is 1. The van der Waals surface area contributed by atoms with Gasteiger partial charge in [0.1, 0.15) is 0 Å². The Bertz CT molecular complexity index is 494. The molecule has 1 N–H and O–H groups in total. The molecule has 3 atom stereocenters. The second-order valence-electron chi connectivity index (χ2n) is 6.32. The molecule has 1 heterocycles. The van der Waals surface area contributed by atoms with Crippen molar-refractivity contribution in [2.24, 2.45) is 11.8 Å². The fraction of sp³-hybridized carbons (Fsp3) is 0.588. The lowest BCUT2D eigenvalue weighted by Crippen LogP contribution is -2.29. The molecule has 2 nitrogen and oxygen atoms in total. The van der Waals surface area contributed by atoms with Crippen LogP contribution in [-0.2, 0) is 0 Å². The van der Waals surface area contributed by atoms with E-state index < -0.39 is 0 Å². The molecular weight excluding hydrogens is 234 g/mol. The summed E-state index contributed by atoms with van der Waals surface area (Å²) in [5, 5.41) is 3.57. The highest BCUT2D eigenvalue weighted by Crippen LogP contribution is 2.39. The van der Waals surface area contributed by atoms with E-state index in [4.69, 9.17) is 0 Å². The summed E-state index contributed by atoms with van der Waals surface area (Å²) >= 11 is 0. The molecule has 1 aromatic carbocycles. The standard InChI is InChI=1S/C17H23NO/c1-11-6-7-14(12(2)8-11)17(19)9-16-15-5-3-4-13(15)10-18-16/h6-8,13,15-16,18H,3-5,9-10H2,1-2H3. The summed E-state index contributed by atoms with van der Waals surface area (Å²) in [6.07, 6.45) is 4.69. The van der Waals surface area contributed by atoms with Gasteiger partial charge < -0.3 is 5.32 Å². The molecule has 0 aromatic heterocycles. The lowest BCUT2D eigenvalue weighted by Gasteiger charge is -2.18. The minimum Gasteiger partial charge on any atom is -0.313 e. The largest absolute Gasteiger partial charge is 0.313 e. The van der Waals surface area contributed by atoms with Crippen LogP contribution in [0.15, 0.2) is 18.2 Å². The first-order valence-corrected chi connectivity index (χ1v) is 7.49. The maximum Gasteiger partial charge on any atom is 0.164 e. The number of rotatable bonds is 3. The molecule has 2 heteroatoms. The fourth-order valence-electron chi connectivity index (χ4n) is 3.96. The predicted octanol–water partition coefficient (Wildman–Crippen LogP) is 3.26. The number of benzene rings is 1. The molecule has 0 bridgehead atoms. The number of hydrogen-bond acceptors (Lipinski definition) is 2. The topological polar surface area (TPSA) is 29.1 Å². The molecule has 0 amide bonds. The van der Waals surface area contributed by atoms with Crippen LogP contribution in [0.2, 0.25) is 0 Å². The molecular formula is C17H23NO. The van der Waals surface area contributed by atoms with Crippen molar-refractivity contribution in [2.75, 3.05) is 6.54 Å². The molecule has 19 heavy (non-hydrogen) atoms. The quantitative estimate of drug-likeness (QED) is 0.842. The summed E-state index contributed by atoms with van der Waals surface area (Å²) in [6.45, 7) is 5.24. The maximum atomic E-state index is 12.5. The Labute approximate surface area is 115 Å². The Balaban J connectivity index is 1.71. The van der Waals surface area contributed by atoms with E-state index in [1.165, 1.54) is 24.8 Å². The number of ketones is 1. The molecule has 2 fully saturated rings. The molecule has 102 valence electrons. The van der Waals surface area contributed by atoms with Crippen LogP contribution < -0.4 is 5.32 Å². The van der Waals surface area contributed by atoms with Crippen molar-refractivity contribution in [3.63, 3.8) is 0 Å². The van der Waals surface area contributed by atoms with E-state index in [1.807, 2.05) is 19.1 Å². The highest BCUT2D eigenvalue weighted by atomic mass is 16.1. The normalized spacial score (nSPS) is 29.5. The number of aryl methyl sites for hydroxylation is 2. The van der Waals surface area contributed by atoms with Gasteiger partial charge in [-0.2, -0.15) is 0 Å². The van der Waals surface area contributed by atoms with Gasteiger partial charge in [-0.15, -0.1) is 0 Å². The van der Waals surface area contributed by atoms with Crippen molar-refractivity contribution in [1.29, 1.82) is 0 Å². The first kappa shape index (κ1) is 12.9. The highest BCUT2D eigenvalue weighted by Gasteiger charge is 2.39. The van der Waals surface area contributed by atoms with Crippen molar-refractivity contribution >= 4 is 5.78 Å². The lowest BCUT2D eigenvalue weighted by atomic mass is 9.89. The van der Waals surface area contributed by atoms with Gasteiger partial charge in [0.2, 0.25) is 0 Å². The van der Waals surface area contributed by atoms with Gasteiger partial charge in [0.05, 0.1) is 0 Å². The monoisotopic (exact) mass is 257 g/mol. The first-order valence-electron chi connectivity index (χ1n) is 7.49. The van der Waals surface area contributed by atoms with Crippen molar-refractivity contribution < 1.29 is 4.79 Å². The van der Waals surface area contributed by atoms with Crippen molar-refractivity contribution in [2.45, 2.75) is 45.6 Å². The molecule has 1 aliphatic carbocycles. The Kier molecular flexibility index (Phi) is 3.44. The van der Waals surface area contributed by atoms with Gasteiger partial charge in [-0.3, -0.25) is 4.79 Å². The molecule has 0 spiro atoms. The number of fused-ring (bicyclic) bond motifs is 1. The van der Waals surface area contributed by atoms with Crippen LogP contribution in [0.4, 0.5) is 0 Å². The molecule has 1 saturated heterocycles. The summed E-state index contributed by atoms with van der Waals surface area (Å²) in [5.41, 5.74) is 3.25. The van der Waals surface area contributed by atoms with Crippen LogP contribution >= 0.6 is 0 Å². The smallest absolute Gasteiger partial charge is 0.164 e. The number of Topliss-reactive ketones (excluding diaryl/α,β-unsaturated/α-hetero) is 1. The van der Waals surface area contributed by atoms with E-state index in [0.29, 0.717) is 18.2 Å². The summed E-state index contributed by atoms with van der Waals surface area (Å²) in [7, 11) is 0. The van der Waals surface area contributed by atoms with Gasteiger partial charge in [0.25, 0.3) is 0 Å². The molecule has 2 aliphatic rings. The SMILES string of the molecule is Cc1ccc(C(=O)CC2NCC3CCCC32)c(C)c1. The molecule has 1 aliphatic heterocycles. The van der Waals surface area contributed by atoms with E-state index in [-0.39, 0.29) is 0 Å². The van der Waals surface area contributed by atoms with Crippen LogP contribution in [0, 0.1) is 25.7 Å². The van der Waals surface area contributed by atoms with Gasteiger partial charge in [0, 0.05) is 18.0 Å². The van der Waals surface area contributed by atoms with Crippen LogP contribution in [-0.4, -0.2) is 18.4 Å². The molecule has 3 rings (SSSR count). The number of hydrogen-bond donors (Lipinski definition) is 1. The molecule has 3 unspecified atom stereocenters. The molecule has 1 saturated carbocycles. The molecule has 0 radical (unpaired) electrons. The first-order chi connectivity index (χ1) is 9.15. The van der Waals surface area contributed by atoms with E-state index >= 15 is 0 Å². The van der Waals surface area contributed by atoms with Crippen molar-refractivity contribution in [1.82, 2.24) is 5.32 Å². The lowest BCUT2D eigenvalue weighted by molar-refractivity contribution is 0.0963. The molecule has 1 aromatic rings. The van der Waals surface area contributed by atoms with Crippen LogP contribution in [0.1, 0.15) is 47.2 Å². The van der Waals surface area contributed by atoms with E-state index in [0.717, 1.165) is 29.5 Å². The van der Waals surface area contributed by atoms with Gasteiger partial charge in [-0.05, 0) is 50.6 Å². The van der Waals surface area contributed by atoms with E-state index in [9.17, 15) is 4.79 Å². The third-order valence-electron chi connectivity index (χ3n) is 4.96. The zero-order chi connectivity index (χ0) is 13.4. The minimum absolute atomic E-state index is 0.308. The zero-order valence-electron chi connectivity index (χ0n) is 11.9. The third-order valence-corrected chi connectivity index (χ3v) is 4.96. The second kappa shape index (κ2) is 5.09. The minimum atomic E-state index is 0.308. The zero-order valence-corrected chi connectivity index (χ0v) is 11.9. The Morgan fingerprint density at radius 1 is 1.32 bits per heavy atom. The third kappa shape index (κ3) is 2.46. The van der Waals surface area contributed by atoms with Crippen LogP contribution in [0.25, 0.3) is 0 Å². The summed E-state index contributed by atoms with van der Waals surface area (Å²) in [6, 6.07) is 6.56. The predicted molar refractivity (Wildman–Crippen MR) is 77.5 cm³/mol. The number of carbonyl (C=O) groups is 1. The van der Waals surface area contributed by atoms with Crippen molar-refractivity contribution in [3.05, 3.63) is 34.9 Å². The average Bonchev–Trinajstić information content (AvgIpc) is 2.94. The van der Waals surface area contributed by atoms with E-state index in [2.05, 4.69) is 18.3 Å². The second-order valence-corrected chi connectivity index (χ2v) is 6.32. The number of nitrogens with one attached hydrogen (secondary N) is 1. The Hall–Kier alpha value is -1.15. The van der Waals surface area contributed by atoms with Gasteiger partial charge >= 0.3 is 0 Å². The van der Waals surface area contributed by atoms with Gasteiger partial charge in [-0.1, -0.05) is 30.2 Å². The summed E-state index contributed by atoms with van der Waals surface area (Å²) < 4.78 is 0. The Morgan fingerprint density at radius 2 is 2.16 bits per heavy atom.